The molecule has 2 N–H and O–H groups in total. The first-order chi connectivity index (χ1) is 26.9. The van der Waals surface area contributed by atoms with Gasteiger partial charge in [-0.05, 0) is 99.6 Å². The molecule has 0 spiro atoms. The van der Waals surface area contributed by atoms with Gasteiger partial charge in [0, 0.05) is 24.1 Å². The summed E-state index contributed by atoms with van der Waals surface area (Å²) in [4.78, 5) is 60.4. The monoisotopic (exact) mass is 762 g/mol. The predicted octanol–water partition coefficient (Wildman–Crippen LogP) is 6.27. The van der Waals surface area contributed by atoms with Crippen molar-refractivity contribution in [2.24, 2.45) is 11.8 Å². The Hall–Kier alpha value is -4.97. The van der Waals surface area contributed by atoms with Gasteiger partial charge in [-0.3, -0.25) is 19.2 Å². The van der Waals surface area contributed by atoms with Crippen LogP contribution in [0, 0.1) is 11.8 Å². The van der Waals surface area contributed by atoms with Crippen molar-refractivity contribution in [3.63, 3.8) is 0 Å². The fourth-order valence-corrected chi connectivity index (χ4v) is 9.61. The molecule has 2 unspecified atom stereocenters. The summed E-state index contributed by atoms with van der Waals surface area (Å²) in [7, 11) is 0. The van der Waals surface area contributed by atoms with E-state index < -0.39 is 23.9 Å². The zero-order chi connectivity index (χ0) is 38.0. The van der Waals surface area contributed by atoms with Crippen molar-refractivity contribution >= 4 is 41.1 Å². The van der Waals surface area contributed by atoms with Gasteiger partial charge in [-0.15, -0.1) is 22.0 Å². The molecule has 0 radical (unpaired) electrons. The van der Waals surface area contributed by atoms with Gasteiger partial charge in [0.1, 0.15) is 18.1 Å². The van der Waals surface area contributed by atoms with Gasteiger partial charge < -0.3 is 24.9 Å². The average Bonchev–Trinajstić information content (AvgIpc) is 3.64. The summed E-state index contributed by atoms with van der Waals surface area (Å²) >= 11 is 1.74. The van der Waals surface area contributed by atoms with Gasteiger partial charge in [-0.2, -0.15) is 0 Å². The van der Waals surface area contributed by atoms with Gasteiger partial charge >= 0.3 is 0 Å². The number of nitrogens with one attached hydrogen (secondary N) is 2. The summed E-state index contributed by atoms with van der Waals surface area (Å²) in [6.07, 6.45) is 8.41. The number of anilines is 1. The molecule has 55 heavy (non-hydrogen) atoms. The number of hydrogen-bond acceptors (Lipinski definition) is 8. The van der Waals surface area contributed by atoms with Gasteiger partial charge in [-0.1, -0.05) is 78.9 Å². The van der Waals surface area contributed by atoms with Crippen molar-refractivity contribution in [3.8, 4) is 0 Å². The van der Waals surface area contributed by atoms with Crippen LogP contribution in [0.2, 0.25) is 0 Å². The van der Waals surface area contributed by atoms with Gasteiger partial charge in [0.2, 0.25) is 35.9 Å². The van der Waals surface area contributed by atoms with Crippen LogP contribution >= 0.6 is 11.8 Å². The van der Waals surface area contributed by atoms with E-state index in [1.807, 2.05) is 95.9 Å². The molecule has 3 saturated heterocycles. The van der Waals surface area contributed by atoms with Crippen LogP contribution in [0.1, 0.15) is 80.8 Å². The minimum Gasteiger partial charge on any atom is -0.426 e. The molecule has 4 heterocycles. The quantitative estimate of drug-likeness (QED) is 0.163. The molecule has 11 nitrogen and oxygen atoms in total. The number of carbonyl (C=O) groups excluding carboxylic acids is 4. The first-order valence-electron chi connectivity index (χ1n) is 19.7. The van der Waals surface area contributed by atoms with E-state index in [1.165, 1.54) is 6.39 Å². The Labute approximate surface area is 327 Å². The largest absolute Gasteiger partial charge is 0.426 e. The van der Waals surface area contributed by atoms with Gasteiger partial charge in [0.05, 0.1) is 5.37 Å². The van der Waals surface area contributed by atoms with E-state index >= 15 is 0 Å². The Bertz CT molecular complexity index is 1860. The molecule has 288 valence electrons. The number of piperidine rings is 1. The Morgan fingerprint density at radius 2 is 1.33 bits per heavy atom. The minimum atomic E-state index is -0.691. The van der Waals surface area contributed by atoms with Crippen molar-refractivity contribution in [2.45, 2.75) is 94.1 Å². The second-order valence-corrected chi connectivity index (χ2v) is 16.2. The Morgan fingerprint density at radius 1 is 0.727 bits per heavy atom. The molecule has 0 aliphatic carbocycles. The van der Waals surface area contributed by atoms with Crippen LogP contribution < -0.4 is 15.5 Å². The first-order valence-corrected chi connectivity index (χ1v) is 20.7. The summed E-state index contributed by atoms with van der Waals surface area (Å²) in [5.41, 5.74) is 2.85. The number of aromatic nitrogens is 2. The maximum absolute atomic E-state index is 14.4. The van der Waals surface area contributed by atoms with Crippen LogP contribution in [-0.2, 0) is 32.0 Å². The third-order valence-electron chi connectivity index (χ3n) is 11.2. The minimum absolute atomic E-state index is 0.0162. The van der Waals surface area contributed by atoms with E-state index in [9.17, 15) is 19.2 Å². The number of thioether (sulfide) groups is 1. The SMILES string of the molecule is O=C(N[C@H]1CCCCN(c2ccccc2)C1=O)C(CCC(Cc1ccccc1)C(=O)N[C@H]1CCS[C@H]2CCC[C@@H](c3nnco3)N2C1=O)Cc1ccccc1. The molecule has 4 aromatic rings. The first kappa shape index (κ1) is 38.3. The standard InChI is InChI=1S/C43H50N6O5S/c50-39(45-35-19-10-11-25-48(42(35)52)34-17-8-3-9-18-34)32(27-30-13-4-1-5-14-30)22-23-33(28-31-15-6-2-7-16-31)40(51)46-36-24-26-55-38-21-12-20-37(49(38)43(36)53)41-47-44-29-54-41/h1-9,13-18,29,32-33,35-38H,10-12,19-28H2,(H,45,50)(H,46,51)/t32?,33?,35-,36-,37-,38-/m0/s1. The van der Waals surface area contributed by atoms with Gasteiger partial charge in [0.15, 0.2) is 0 Å². The molecule has 1 aromatic heterocycles. The van der Waals surface area contributed by atoms with Crippen LogP contribution in [0.4, 0.5) is 5.69 Å². The number of para-hydroxylation sites is 1. The van der Waals surface area contributed by atoms with Crippen LogP contribution in [0.25, 0.3) is 0 Å². The zero-order valence-electron chi connectivity index (χ0n) is 31.1. The normalized spacial score (nSPS) is 22.8. The van der Waals surface area contributed by atoms with Crippen molar-refractivity contribution in [1.29, 1.82) is 0 Å². The van der Waals surface area contributed by atoms with Crippen molar-refractivity contribution in [3.05, 3.63) is 114 Å². The Balaban J connectivity index is 1.08. The fraction of sp³-hybridized carbons (Fsp3) is 0.442. The van der Waals surface area contributed by atoms with E-state index in [-0.39, 0.29) is 35.0 Å². The lowest BCUT2D eigenvalue weighted by atomic mass is 9.86. The lowest BCUT2D eigenvalue weighted by molar-refractivity contribution is -0.141. The number of nitrogens with zero attached hydrogens (tertiary/aromatic N) is 4. The molecule has 6 atom stereocenters. The molecular weight excluding hydrogens is 713 g/mol. The fourth-order valence-electron chi connectivity index (χ4n) is 8.22. The molecule has 7 rings (SSSR count). The van der Waals surface area contributed by atoms with Crippen LogP contribution in [0.5, 0.6) is 0 Å². The number of carbonyl (C=O) groups is 4. The number of amides is 4. The number of rotatable bonds is 13. The summed E-state index contributed by atoms with van der Waals surface area (Å²) in [5.74, 6) is -0.413. The predicted molar refractivity (Wildman–Crippen MR) is 212 cm³/mol. The molecule has 4 amide bonds. The van der Waals surface area contributed by atoms with E-state index in [0.29, 0.717) is 51.0 Å². The topological polar surface area (TPSA) is 138 Å². The highest BCUT2D eigenvalue weighted by Crippen LogP contribution is 2.40. The van der Waals surface area contributed by atoms with Crippen molar-refractivity contribution < 1.29 is 23.6 Å². The third-order valence-corrected chi connectivity index (χ3v) is 12.5. The van der Waals surface area contributed by atoms with Crippen LogP contribution in [0.15, 0.2) is 102 Å². The van der Waals surface area contributed by atoms with E-state index in [2.05, 4.69) is 20.8 Å². The lowest BCUT2D eigenvalue weighted by Crippen LogP contribution is -2.53. The molecule has 0 bridgehead atoms. The van der Waals surface area contributed by atoms with E-state index in [4.69, 9.17) is 4.42 Å². The van der Waals surface area contributed by atoms with Gasteiger partial charge in [-0.25, -0.2) is 0 Å². The van der Waals surface area contributed by atoms with Crippen molar-refractivity contribution in [1.82, 2.24) is 25.7 Å². The maximum Gasteiger partial charge on any atom is 0.249 e. The van der Waals surface area contributed by atoms with Crippen LogP contribution in [-0.4, -0.2) is 68.5 Å². The number of benzene rings is 3. The van der Waals surface area contributed by atoms with Gasteiger partial charge in [0.25, 0.3) is 0 Å². The number of hydrogen-bond donors (Lipinski definition) is 2. The second kappa shape index (κ2) is 18.6. The summed E-state index contributed by atoms with van der Waals surface area (Å²) in [5, 5.41) is 14.3. The third kappa shape index (κ3) is 9.65. The average molecular weight is 763 g/mol. The van der Waals surface area contributed by atoms with E-state index in [1.54, 1.807) is 16.7 Å². The molecule has 12 heteroatoms. The highest BCUT2D eigenvalue weighted by atomic mass is 32.2. The maximum atomic E-state index is 14.4. The van der Waals surface area contributed by atoms with E-state index in [0.717, 1.165) is 54.7 Å². The smallest absolute Gasteiger partial charge is 0.249 e. The van der Waals surface area contributed by atoms with Crippen LogP contribution in [0.3, 0.4) is 0 Å². The highest BCUT2D eigenvalue weighted by Gasteiger charge is 2.43. The lowest BCUT2D eigenvalue weighted by Gasteiger charge is -2.40. The van der Waals surface area contributed by atoms with Crippen molar-refractivity contribution in [2.75, 3.05) is 17.2 Å². The Kier molecular flexibility index (Phi) is 12.9. The molecule has 3 aliphatic rings. The zero-order valence-corrected chi connectivity index (χ0v) is 31.9. The molecule has 3 aliphatic heterocycles. The molecule has 0 saturated carbocycles. The Morgan fingerprint density at radius 3 is 1.93 bits per heavy atom. The molecular formula is C43H50N6O5S. The molecule has 3 fully saturated rings. The summed E-state index contributed by atoms with van der Waals surface area (Å²) in [6, 6.07) is 27.7. The second-order valence-electron chi connectivity index (χ2n) is 14.9. The summed E-state index contributed by atoms with van der Waals surface area (Å²) in [6.45, 7) is 0.608. The summed E-state index contributed by atoms with van der Waals surface area (Å²) < 4.78 is 5.57. The molecule has 3 aromatic carbocycles. The number of fused-ring (bicyclic) bond motifs is 1. The highest BCUT2D eigenvalue weighted by molar-refractivity contribution is 7.99.